The van der Waals surface area contributed by atoms with Crippen LogP contribution in [0.4, 0.5) is 0 Å². The average molecular weight is 273 g/mol. The van der Waals surface area contributed by atoms with Gasteiger partial charge in [-0.2, -0.15) is 0 Å². The standard InChI is InChI=1S/C8H17N.C5H11N.2C2H6/c1-7(2)8-4-5-9(3)6-8;1-6-4-2-3-5-6;2*1-2/h7-8H,4-6H2,1-3H3;2-5H2,1H3;2*1-2H3. The van der Waals surface area contributed by atoms with E-state index in [0.29, 0.717) is 0 Å². The number of likely N-dealkylation sites (tertiary alicyclic amines) is 2. The lowest BCUT2D eigenvalue weighted by Crippen LogP contribution is -2.16. The van der Waals surface area contributed by atoms with Crippen LogP contribution in [-0.2, 0) is 0 Å². The van der Waals surface area contributed by atoms with E-state index in [9.17, 15) is 0 Å². The molecule has 2 nitrogen and oxygen atoms in total. The minimum absolute atomic E-state index is 0.884. The van der Waals surface area contributed by atoms with Crippen LogP contribution in [0, 0.1) is 11.8 Å². The minimum atomic E-state index is 0.884. The molecule has 0 aromatic rings. The van der Waals surface area contributed by atoms with E-state index < -0.39 is 0 Å². The lowest BCUT2D eigenvalue weighted by Gasteiger charge is -2.13. The van der Waals surface area contributed by atoms with Gasteiger partial charge in [-0.15, -0.1) is 0 Å². The molecule has 1 unspecified atom stereocenters. The van der Waals surface area contributed by atoms with E-state index in [2.05, 4.69) is 37.7 Å². The van der Waals surface area contributed by atoms with Gasteiger partial charge in [-0.25, -0.2) is 0 Å². The first kappa shape index (κ1) is 21.2. The topological polar surface area (TPSA) is 6.48 Å². The molecule has 0 radical (unpaired) electrons. The van der Waals surface area contributed by atoms with Gasteiger partial charge in [-0.05, 0) is 64.8 Å². The summed E-state index contributed by atoms with van der Waals surface area (Å²) in [5.41, 5.74) is 0. The van der Waals surface area contributed by atoms with Crippen molar-refractivity contribution in [3.8, 4) is 0 Å². The van der Waals surface area contributed by atoms with Gasteiger partial charge >= 0.3 is 0 Å². The van der Waals surface area contributed by atoms with Crippen LogP contribution in [0.1, 0.15) is 60.8 Å². The monoisotopic (exact) mass is 272 g/mol. The zero-order valence-electron chi connectivity index (χ0n) is 15.0. The summed E-state index contributed by atoms with van der Waals surface area (Å²) in [6, 6.07) is 0. The molecule has 0 bridgehead atoms. The minimum Gasteiger partial charge on any atom is -0.306 e. The van der Waals surface area contributed by atoms with Crippen LogP contribution >= 0.6 is 0 Å². The summed E-state index contributed by atoms with van der Waals surface area (Å²) < 4.78 is 0. The Morgan fingerprint density at radius 3 is 1.42 bits per heavy atom. The van der Waals surface area contributed by atoms with Crippen LogP contribution in [0.5, 0.6) is 0 Å². The Labute approximate surface area is 123 Å². The van der Waals surface area contributed by atoms with Crippen LogP contribution in [0.3, 0.4) is 0 Å². The summed E-state index contributed by atoms with van der Waals surface area (Å²) >= 11 is 0. The van der Waals surface area contributed by atoms with Crippen molar-refractivity contribution < 1.29 is 0 Å². The molecule has 0 N–H and O–H groups in total. The maximum Gasteiger partial charge on any atom is 0.000953 e. The first-order chi connectivity index (χ1) is 9.09. The fourth-order valence-corrected chi connectivity index (χ4v) is 2.39. The van der Waals surface area contributed by atoms with Crippen LogP contribution < -0.4 is 0 Å². The third kappa shape index (κ3) is 11.4. The molecule has 19 heavy (non-hydrogen) atoms. The van der Waals surface area contributed by atoms with Crippen LogP contribution in [0.25, 0.3) is 0 Å². The van der Waals surface area contributed by atoms with E-state index in [4.69, 9.17) is 0 Å². The summed E-state index contributed by atoms with van der Waals surface area (Å²) in [4.78, 5) is 4.78. The molecule has 2 fully saturated rings. The van der Waals surface area contributed by atoms with Crippen molar-refractivity contribution in [1.29, 1.82) is 0 Å². The van der Waals surface area contributed by atoms with Crippen molar-refractivity contribution in [3.63, 3.8) is 0 Å². The third-order valence-corrected chi connectivity index (χ3v) is 3.70. The SMILES string of the molecule is CC.CC.CC(C)C1CCN(C)C1.CN1CCCC1. The molecule has 2 rings (SSSR count). The lowest BCUT2D eigenvalue weighted by molar-refractivity contribution is 0.352. The molecule has 2 heterocycles. The van der Waals surface area contributed by atoms with Gasteiger partial charge in [0, 0.05) is 6.54 Å². The Balaban J connectivity index is 0. The predicted octanol–water partition coefficient (Wildman–Crippen LogP) is 4.36. The normalized spacial score (nSPS) is 22.9. The Morgan fingerprint density at radius 2 is 1.26 bits per heavy atom. The lowest BCUT2D eigenvalue weighted by atomic mass is 9.95. The van der Waals surface area contributed by atoms with Gasteiger partial charge in [-0.1, -0.05) is 41.5 Å². The molecule has 0 aromatic heterocycles. The summed E-state index contributed by atoms with van der Waals surface area (Å²) in [5, 5.41) is 0. The zero-order valence-corrected chi connectivity index (χ0v) is 15.0. The van der Waals surface area contributed by atoms with E-state index in [1.54, 1.807) is 0 Å². The van der Waals surface area contributed by atoms with Gasteiger partial charge in [0.25, 0.3) is 0 Å². The number of nitrogens with zero attached hydrogens (tertiary/aromatic N) is 2. The Hall–Kier alpha value is -0.0800. The highest BCUT2D eigenvalue weighted by Crippen LogP contribution is 2.21. The summed E-state index contributed by atoms with van der Waals surface area (Å²) in [5.74, 6) is 1.85. The van der Waals surface area contributed by atoms with Crippen LogP contribution in [0.15, 0.2) is 0 Å². The highest BCUT2D eigenvalue weighted by molar-refractivity contribution is 4.74. The van der Waals surface area contributed by atoms with Gasteiger partial charge in [0.2, 0.25) is 0 Å². The van der Waals surface area contributed by atoms with Crippen molar-refractivity contribution >= 4 is 0 Å². The molecular formula is C17H40N2. The summed E-state index contributed by atoms with van der Waals surface area (Å²) in [7, 11) is 4.38. The van der Waals surface area contributed by atoms with Crippen molar-refractivity contribution in [2.45, 2.75) is 60.8 Å². The van der Waals surface area contributed by atoms with E-state index in [1.165, 1.54) is 45.4 Å². The Morgan fingerprint density at radius 1 is 0.789 bits per heavy atom. The predicted molar refractivity (Wildman–Crippen MR) is 89.9 cm³/mol. The number of rotatable bonds is 1. The van der Waals surface area contributed by atoms with E-state index in [0.717, 1.165) is 11.8 Å². The van der Waals surface area contributed by atoms with Crippen molar-refractivity contribution in [1.82, 2.24) is 9.80 Å². The van der Waals surface area contributed by atoms with Gasteiger partial charge in [-0.3, -0.25) is 0 Å². The van der Waals surface area contributed by atoms with E-state index in [-0.39, 0.29) is 0 Å². The highest BCUT2D eigenvalue weighted by atomic mass is 15.1. The highest BCUT2D eigenvalue weighted by Gasteiger charge is 2.21. The van der Waals surface area contributed by atoms with E-state index >= 15 is 0 Å². The second kappa shape index (κ2) is 14.3. The molecule has 1 atom stereocenters. The molecule has 118 valence electrons. The first-order valence-electron chi connectivity index (χ1n) is 8.46. The Bertz CT molecular complexity index is 163. The molecule has 2 aliphatic heterocycles. The van der Waals surface area contributed by atoms with Crippen LogP contribution in [-0.4, -0.2) is 50.1 Å². The number of hydrogen-bond acceptors (Lipinski definition) is 2. The van der Waals surface area contributed by atoms with Gasteiger partial charge in [0.05, 0.1) is 0 Å². The fourth-order valence-electron chi connectivity index (χ4n) is 2.39. The summed E-state index contributed by atoms with van der Waals surface area (Å²) in [6.45, 7) is 17.9. The van der Waals surface area contributed by atoms with Crippen molar-refractivity contribution in [2.75, 3.05) is 40.3 Å². The molecule has 2 aliphatic rings. The molecule has 0 saturated carbocycles. The number of hydrogen-bond donors (Lipinski definition) is 0. The van der Waals surface area contributed by atoms with Gasteiger partial charge < -0.3 is 9.80 Å². The maximum atomic E-state index is 2.42. The van der Waals surface area contributed by atoms with Gasteiger partial charge in [0.15, 0.2) is 0 Å². The second-order valence-corrected chi connectivity index (χ2v) is 5.57. The van der Waals surface area contributed by atoms with Crippen LogP contribution in [0.2, 0.25) is 0 Å². The molecule has 0 aromatic carbocycles. The quantitative estimate of drug-likeness (QED) is 0.700. The summed E-state index contributed by atoms with van der Waals surface area (Å²) in [6.07, 6.45) is 4.24. The molecular weight excluding hydrogens is 232 g/mol. The van der Waals surface area contributed by atoms with Crippen molar-refractivity contribution in [3.05, 3.63) is 0 Å². The fraction of sp³-hybridized carbons (Fsp3) is 1.00. The Kier molecular flexibility index (Phi) is 16.0. The molecule has 0 spiro atoms. The largest absolute Gasteiger partial charge is 0.306 e. The second-order valence-electron chi connectivity index (χ2n) is 5.57. The zero-order chi connectivity index (χ0) is 15.3. The molecule has 2 saturated heterocycles. The van der Waals surface area contributed by atoms with Gasteiger partial charge in [0.1, 0.15) is 0 Å². The smallest absolute Gasteiger partial charge is 0.000953 e. The maximum absolute atomic E-state index is 2.42. The molecule has 2 heteroatoms. The molecule has 0 amide bonds. The third-order valence-electron chi connectivity index (χ3n) is 3.70. The van der Waals surface area contributed by atoms with E-state index in [1.807, 2.05) is 27.7 Å². The molecule has 0 aliphatic carbocycles. The van der Waals surface area contributed by atoms with Crippen molar-refractivity contribution in [2.24, 2.45) is 11.8 Å². The average Bonchev–Trinajstić information content (AvgIpc) is 3.06. The first-order valence-corrected chi connectivity index (χ1v) is 8.46.